The summed E-state index contributed by atoms with van der Waals surface area (Å²) in [6.07, 6.45) is 1.23. The average Bonchev–Trinajstić information content (AvgIpc) is 2.79. The zero-order chi connectivity index (χ0) is 22.9. The number of carbonyl (C=O) groups excluding carboxylic acids is 1. The van der Waals surface area contributed by atoms with E-state index < -0.39 is 10.0 Å². The molecule has 0 bridgehead atoms. The Bertz CT molecular complexity index is 1270. The van der Waals surface area contributed by atoms with Gasteiger partial charge in [0, 0.05) is 26.2 Å². The van der Waals surface area contributed by atoms with Crippen molar-refractivity contribution < 1.29 is 17.9 Å². The van der Waals surface area contributed by atoms with Crippen LogP contribution in [0.2, 0.25) is 0 Å². The highest BCUT2D eigenvalue weighted by atomic mass is 79.9. The predicted molar refractivity (Wildman–Crippen MR) is 131 cm³/mol. The zero-order valence-electron chi connectivity index (χ0n) is 17.8. The van der Waals surface area contributed by atoms with Crippen molar-refractivity contribution in [2.24, 2.45) is 0 Å². The van der Waals surface area contributed by atoms with Crippen molar-refractivity contribution in [2.45, 2.75) is 0 Å². The number of methoxy groups -OCH3 is 1. The fraction of sp³-hybridized carbons (Fsp3) is 0.261. The zero-order valence-corrected chi connectivity index (χ0v) is 20.2. The third kappa shape index (κ3) is 4.46. The lowest BCUT2D eigenvalue weighted by Crippen LogP contribution is -2.48. The Balaban J connectivity index is 1.62. The molecule has 0 radical (unpaired) electrons. The van der Waals surface area contributed by atoms with Gasteiger partial charge in [0.15, 0.2) is 0 Å². The second kappa shape index (κ2) is 9.09. The fourth-order valence-electron chi connectivity index (χ4n) is 3.96. The van der Waals surface area contributed by atoms with E-state index >= 15 is 0 Å². The number of rotatable bonds is 5. The van der Waals surface area contributed by atoms with E-state index in [-0.39, 0.29) is 5.91 Å². The van der Waals surface area contributed by atoms with Crippen molar-refractivity contribution in [2.75, 3.05) is 49.8 Å². The summed E-state index contributed by atoms with van der Waals surface area (Å²) in [7, 11) is -1.67. The number of carbonyl (C=O) groups is 1. The summed E-state index contributed by atoms with van der Waals surface area (Å²) >= 11 is 3.58. The first kappa shape index (κ1) is 22.6. The van der Waals surface area contributed by atoms with Gasteiger partial charge in [0.05, 0.1) is 34.8 Å². The Morgan fingerprint density at radius 1 is 1.03 bits per heavy atom. The minimum absolute atomic E-state index is 0.282. The maximum atomic E-state index is 13.3. The van der Waals surface area contributed by atoms with Gasteiger partial charge in [0.2, 0.25) is 10.0 Å². The number of piperazine rings is 1. The average molecular weight is 518 g/mol. The Hall–Kier alpha value is -2.62. The maximum absolute atomic E-state index is 13.3. The van der Waals surface area contributed by atoms with E-state index in [9.17, 15) is 13.2 Å². The number of hydrogen-bond acceptors (Lipinski definition) is 5. The molecule has 7 nitrogen and oxygen atoms in total. The number of fused-ring (bicyclic) bond motifs is 1. The second-order valence-electron chi connectivity index (χ2n) is 7.61. The molecule has 9 heteroatoms. The number of amides is 1. The molecule has 0 spiro atoms. The molecule has 3 aromatic carbocycles. The minimum Gasteiger partial charge on any atom is -0.495 e. The molecule has 4 rings (SSSR count). The molecule has 1 N–H and O–H groups in total. The van der Waals surface area contributed by atoms with Gasteiger partial charge in [0.1, 0.15) is 5.75 Å². The van der Waals surface area contributed by atoms with Crippen molar-refractivity contribution in [3.05, 3.63) is 64.6 Å². The molecule has 168 valence electrons. The first-order valence-corrected chi connectivity index (χ1v) is 12.8. The van der Waals surface area contributed by atoms with E-state index in [2.05, 4.69) is 26.1 Å². The Morgan fingerprint density at radius 2 is 1.69 bits per heavy atom. The van der Waals surface area contributed by atoms with Crippen LogP contribution in [0.15, 0.2) is 59.1 Å². The number of para-hydroxylation sites is 2. The largest absolute Gasteiger partial charge is 0.495 e. The highest BCUT2D eigenvalue weighted by Crippen LogP contribution is 2.37. The lowest BCUT2D eigenvalue weighted by atomic mass is 10.0. The second-order valence-corrected chi connectivity index (χ2v) is 10.4. The van der Waals surface area contributed by atoms with Gasteiger partial charge in [0.25, 0.3) is 5.91 Å². The number of benzene rings is 3. The van der Waals surface area contributed by atoms with E-state index in [1.165, 1.54) is 10.6 Å². The first-order valence-electron chi connectivity index (χ1n) is 10.2. The van der Waals surface area contributed by atoms with E-state index in [1.54, 1.807) is 7.11 Å². The van der Waals surface area contributed by atoms with Crippen molar-refractivity contribution in [1.29, 1.82) is 0 Å². The molecule has 1 aliphatic heterocycles. The third-order valence-electron chi connectivity index (χ3n) is 5.59. The van der Waals surface area contributed by atoms with Crippen LogP contribution in [0.3, 0.4) is 0 Å². The number of ether oxygens (including phenoxy) is 1. The van der Waals surface area contributed by atoms with Gasteiger partial charge in [-0.2, -0.15) is 4.31 Å². The summed E-state index contributed by atoms with van der Waals surface area (Å²) in [5.41, 5.74) is 1.94. The number of anilines is 2. The van der Waals surface area contributed by atoms with Gasteiger partial charge < -0.3 is 15.0 Å². The summed E-state index contributed by atoms with van der Waals surface area (Å²) in [5.74, 6) is 0.191. The summed E-state index contributed by atoms with van der Waals surface area (Å²) in [6.45, 7) is 1.91. The standard InChI is InChI=1S/C23H24BrN3O4S/c1-31-22-18(15-16-7-3-4-8-17(16)21(22)24)23(28)25-19-9-5-6-10-20(19)26-11-13-27(14-12-26)32(2,29)30/h3-10,15H,11-14H2,1-2H3,(H,25,28). The molecule has 0 aromatic heterocycles. The van der Waals surface area contributed by atoms with Gasteiger partial charge in [-0.3, -0.25) is 4.79 Å². The molecule has 1 fully saturated rings. The lowest BCUT2D eigenvalue weighted by molar-refractivity contribution is 0.102. The summed E-state index contributed by atoms with van der Waals surface area (Å²) < 4.78 is 31.4. The van der Waals surface area contributed by atoms with E-state index in [4.69, 9.17) is 4.74 Å². The van der Waals surface area contributed by atoms with Crippen LogP contribution in [-0.2, 0) is 10.0 Å². The predicted octanol–water partition coefficient (Wildman–Crippen LogP) is 3.94. The molecule has 1 amide bonds. The SMILES string of the molecule is COc1c(C(=O)Nc2ccccc2N2CCN(S(C)(=O)=O)CC2)cc2ccccc2c1Br. The van der Waals surface area contributed by atoms with Crippen molar-refractivity contribution in [3.63, 3.8) is 0 Å². The quantitative estimate of drug-likeness (QED) is 0.554. The van der Waals surface area contributed by atoms with Crippen molar-refractivity contribution in [3.8, 4) is 5.75 Å². The topological polar surface area (TPSA) is 79.0 Å². The number of halogens is 1. The van der Waals surface area contributed by atoms with Crippen LogP contribution < -0.4 is 15.0 Å². The molecule has 0 saturated carbocycles. The van der Waals surface area contributed by atoms with E-state index in [0.717, 1.165) is 20.9 Å². The minimum atomic E-state index is -3.21. The monoisotopic (exact) mass is 517 g/mol. The summed E-state index contributed by atoms with van der Waals surface area (Å²) in [5, 5.41) is 4.91. The Labute approximate surface area is 196 Å². The third-order valence-corrected chi connectivity index (χ3v) is 7.68. The molecule has 0 aliphatic carbocycles. The van der Waals surface area contributed by atoms with Gasteiger partial charge in [-0.15, -0.1) is 0 Å². The summed E-state index contributed by atoms with van der Waals surface area (Å²) in [6, 6.07) is 17.1. The van der Waals surface area contributed by atoms with Crippen molar-refractivity contribution >= 4 is 54.0 Å². The summed E-state index contributed by atoms with van der Waals surface area (Å²) in [4.78, 5) is 15.4. The molecule has 3 aromatic rings. The van der Waals surface area contributed by atoms with Crippen LogP contribution in [-0.4, -0.2) is 58.2 Å². The molecule has 1 heterocycles. The van der Waals surface area contributed by atoms with Gasteiger partial charge in [-0.05, 0) is 44.9 Å². The Kier molecular flexibility index (Phi) is 6.41. The smallest absolute Gasteiger partial charge is 0.259 e. The highest BCUT2D eigenvalue weighted by molar-refractivity contribution is 9.10. The molecule has 0 unspecified atom stereocenters. The van der Waals surface area contributed by atoms with Gasteiger partial charge in [-0.1, -0.05) is 36.4 Å². The fourth-order valence-corrected chi connectivity index (χ4v) is 5.52. The molecule has 1 aliphatic rings. The lowest BCUT2D eigenvalue weighted by Gasteiger charge is -2.35. The first-order chi connectivity index (χ1) is 15.3. The number of nitrogens with zero attached hydrogens (tertiary/aromatic N) is 2. The molecule has 32 heavy (non-hydrogen) atoms. The van der Waals surface area contributed by atoms with Crippen molar-refractivity contribution in [1.82, 2.24) is 4.31 Å². The highest BCUT2D eigenvalue weighted by Gasteiger charge is 2.25. The normalized spacial score (nSPS) is 15.0. The molecule has 0 atom stereocenters. The van der Waals surface area contributed by atoms with Crippen LogP contribution >= 0.6 is 15.9 Å². The van der Waals surface area contributed by atoms with E-state index in [0.29, 0.717) is 43.2 Å². The molecule has 1 saturated heterocycles. The maximum Gasteiger partial charge on any atom is 0.259 e. The van der Waals surface area contributed by atoms with Crippen LogP contribution in [0.25, 0.3) is 10.8 Å². The van der Waals surface area contributed by atoms with Gasteiger partial charge in [-0.25, -0.2) is 8.42 Å². The molecular weight excluding hydrogens is 494 g/mol. The number of hydrogen-bond donors (Lipinski definition) is 1. The number of nitrogens with one attached hydrogen (secondary N) is 1. The number of sulfonamides is 1. The van der Waals surface area contributed by atoms with E-state index in [1.807, 2.05) is 54.6 Å². The Morgan fingerprint density at radius 3 is 2.38 bits per heavy atom. The van der Waals surface area contributed by atoms with Gasteiger partial charge >= 0.3 is 0 Å². The van der Waals surface area contributed by atoms with Crippen LogP contribution in [0.5, 0.6) is 5.75 Å². The molecular formula is C23H24BrN3O4S. The van der Waals surface area contributed by atoms with Crippen LogP contribution in [0.1, 0.15) is 10.4 Å². The van der Waals surface area contributed by atoms with Crippen LogP contribution in [0.4, 0.5) is 11.4 Å². The van der Waals surface area contributed by atoms with Crippen LogP contribution in [0, 0.1) is 0 Å².